The summed E-state index contributed by atoms with van der Waals surface area (Å²) in [6.07, 6.45) is 1.32. The number of benzene rings is 1. The second-order valence-electron chi connectivity index (χ2n) is 6.42. The highest BCUT2D eigenvalue weighted by molar-refractivity contribution is 7.58. The molecule has 0 unspecified atom stereocenters. The summed E-state index contributed by atoms with van der Waals surface area (Å²) in [4.78, 5) is 0. The van der Waals surface area contributed by atoms with Crippen LogP contribution in [-0.4, -0.2) is 36.2 Å². The lowest BCUT2D eigenvalue weighted by atomic mass is 10.2. The molecule has 0 fully saturated rings. The molecule has 0 radical (unpaired) electrons. The first kappa shape index (κ1) is 15.7. The lowest BCUT2D eigenvalue weighted by Crippen LogP contribution is -2.40. The van der Waals surface area contributed by atoms with Gasteiger partial charge < -0.3 is 4.48 Å². The van der Waals surface area contributed by atoms with Crippen LogP contribution >= 0.6 is 7.92 Å². The molecule has 0 aliphatic carbocycles. The second-order valence-corrected chi connectivity index (χ2v) is 9.80. The van der Waals surface area contributed by atoms with Crippen LogP contribution in [0.4, 0.5) is 0 Å². The molecule has 1 rings (SSSR count). The van der Waals surface area contributed by atoms with Crippen molar-refractivity contribution in [1.29, 1.82) is 0 Å². The first-order valence-corrected chi connectivity index (χ1v) is 8.60. The molecule has 0 aliphatic heterocycles. The van der Waals surface area contributed by atoms with E-state index in [1.165, 1.54) is 11.8 Å². The average molecular weight is 266 g/mol. The van der Waals surface area contributed by atoms with Crippen molar-refractivity contribution < 1.29 is 4.48 Å². The summed E-state index contributed by atoms with van der Waals surface area (Å²) >= 11 is 0. The first-order valence-electron chi connectivity index (χ1n) is 6.93. The summed E-state index contributed by atoms with van der Waals surface area (Å²) in [6, 6.07) is 10.9. The molecule has 0 amide bonds. The van der Waals surface area contributed by atoms with Crippen molar-refractivity contribution in [2.75, 3.05) is 20.4 Å². The minimum atomic E-state index is 0.109. The van der Waals surface area contributed by atoms with E-state index in [0.717, 1.165) is 22.3 Å². The van der Waals surface area contributed by atoms with Crippen molar-refractivity contribution in [3.8, 4) is 0 Å². The van der Waals surface area contributed by atoms with Gasteiger partial charge in [0.1, 0.15) is 6.54 Å². The fourth-order valence-corrected chi connectivity index (χ4v) is 5.32. The largest absolute Gasteiger partial charge is 0.321 e. The van der Waals surface area contributed by atoms with Crippen LogP contribution in [0, 0.1) is 0 Å². The predicted molar refractivity (Wildman–Crippen MR) is 84.3 cm³/mol. The van der Waals surface area contributed by atoms with Gasteiger partial charge in [0.2, 0.25) is 0 Å². The third-order valence-corrected chi connectivity index (χ3v) is 7.07. The van der Waals surface area contributed by atoms with Gasteiger partial charge in [-0.1, -0.05) is 58.0 Å². The van der Waals surface area contributed by atoms with Gasteiger partial charge in [-0.05, 0) is 19.2 Å². The van der Waals surface area contributed by atoms with Crippen molar-refractivity contribution in [3.05, 3.63) is 35.9 Å². The summed E-state index contributed by atoms with van der Waals surface area (Å²) in [6.45, 7) is 10.7. The Morgan fingerprint density at radius 2 is 1.44 bits per heavy atom. The van der Waals surface area contributed by atoms with E-state index < -0.39 is 0 Å². The Labute approximate surface area is 115 Å². The molecule has 0 aliphatic rings. The Morgan fingerprint density at radius 3 is 1.89 bits per heavy atom. The summed E-state index contributed by atoms with van der Waals surface area (Å²) < 4.78 is 1.10. The molecule has 0 bridgehead atoms. The Hall–Kier alpha value is -0.390. The van der Waals surface area contributed by atoms with E-state index >= 15 is 0 Å². The van der Waals surface area contributed by atoms with Crippen molar-refractivity contribution in [2.45, 2.75) is 45.6 Å². The maximum atomic E-state index is 2.38. The van der Waals surface area contributed by atoms with Crippen LogP contribution in [0.1, 0.15) is 33.3 Å². The zero-order valence-corrected chi connectivity index (χ0v) is 13.7. The maximum Gasteiger partial charge on any atom is 0.104 e. The quantitative estimate of drug-likeness (QED) is 0.524. The maximum absolute atomic E-state index is 2.38. The molecule has 0 aromatic heterocycles. The van der Waals surface area contributed by atoms with Gasteiger partial charge in [0.05, 0.1) is 20.4 Å². The Kier molecular flexibility index (Phi) is 5.82. The Balaban J connectivity index is 2.68. The van der Waals surface area contributed by atoms with Gasteiger partial charge in [-0.2, -0.15) is 0 Å². The third kappa shape index (κ3) is 5.08. The minimum absolute atomic E-state index is 0.109. The van der Waals surface area contributed by atoms with E-state index in [0.29, 0.717) is 0 Å². The molecule has 2 heteroatoms. The first-order chi connectivity index (χ1) is 8.32. The number of quaternary nitrogens is 1. The highest BCUT2D eigenvalue weighted by Crippen LogP contribution is 2.47. The minimum Gasteiger partial charge on any atom is -0.321 e. The smallest absolute Gasteiger partial charge is 0.104 e. The fourth-order valence-electron chi connectivity index (χ4n) is 2.49. The van der Waals surface area contributed by atoms with Crippen molar-refractivity contribution in [3.63, 3.8) is 0 Å². The van der Waals surface area contributed by atoms with E-state index in [2.05, 4.69) is 72.1 Å². The molecule has 18 heavy (non-hydrogen) atoms. The number of rotatable bonds is 6. The number of hydrogen-bond acceptors (Lipinski definition) is 0. The summed E-state index contributed by atoms with van der Waals surface area (Å²) in [5.74, 6) is 0. The molecule has 1 aromatic rings. The van der Waals surface area contributed by atoms with E-state index in [9.17, 15) is 0 Å². The van der Waals surface area contributed by atoms with E-state index in [-0.39, 0.29) is 7.92 Å². The third-order valence-electron chi connectivity index (χ3n) is 3.33. The standard InChI is InChI=1S/C16H29NP/c1-14(2)18(15(3)4)13-17(5,6)12-16-10-8-7-9-11-16/h7-11,14-15H,12-13H2,1-6H3/q+1. The summed E-state index contributed by atoms with van der Waals surface area (Å²) in [5.41, 5.74) is 3.10. The lowest BCUT2D eigenvalue weighted by Gasteiger charge is -2.37. The Bertz CT molecular complexity index is 335. The molecule has 1 nitrogen and oxygen atoms in total. The monoisotopic (exact) mass is 266 g/mol. The predicted octanol–water partition coefficient (Wildman–Crippen LogP) is 4.52. The van der Waals surface area contributed by atoms with Crippen LogP contribution in [0.25, 0.3) is 0 Å². The van der Waals surface area contributed by atoms with Crippen LogP contribution < -0.4 is 0 Å². The lowest BCUT2D eigenvalue weighted by molar-refractivity contribution is -0.892. The topological polar surface area (TPSA) is 0 Å². The molecule has 102 valence electrons. The van der Waals surface area contributed by atoms with Crippen molar-refractivity contribution in [2.24, 2.45) is 0 Å². The van der Waals surface area contributed by atoms with Gasteiger partial charge in [-0.25, -0.2) is 0 Å². The van der Waals surface area contributed by atoms with Crippen molar-refractivity contribution in [1.82, 2.24) is 0 Å². The highest BCUT2D eigenvalue weighted by Gasteiger charge is 2.26. The van der Waals surface area contributed by atoms with Gasteiger partial charge in [-0.15, -0.1) is 0 Å². The summed E-state index contributed by atoms with van der Waals surface area (Å²) in [7, 11) is 4.85. The van der Waals surface area contributed by atoms with Gasteiger partial charge >= 0.3 is 0 Å². The van der Waals surface area contributed by atoms with Gasteiger partial charge in [0, 0.05) is 5.56 Å². The average Bonchev–Trinajstić information content (AvgIpc) is 2.26. The summed E-state index contributed by atoms with van der Waals surface area (Å²) in [5, 5.41) is 0. The molecule has 0 saturated carbocycles. The molecule has 0 saturated heterocycles. The van der Waals surface area contributed by atoms with Crippen LogP contribution in [0.5, 0.6) is 0 Å². The van der Waals surface area contributed by atoms with E-state index in [1.807, 2.05) is 0 Å². The zero-order valence-electron chi connectivity index (χ0n) is 12.9. The molecule has 1 aromatic carbocycles. The van der Waals surface area contributed by atoms with Gasteiger partial charge in [-0.3, -0.25) is 0 Å². The second kappa shape index (κ2) is 6.68. The van der Waals surface area contributed by atoms with Crippen LogP contribution in [0.2, 0.25) is 0 Å². The highest BCUT2D eigenvalue weighted by atomic mass is 31.1. The van der Waals surface area contributed by atoms with Gasteiger partial charge in [0.15, 0.2) is 0 Å². The molecule has 0 spiro atoms. The Morgan fingerprint density at radius 1 is 0.944 bits per heavy atom. The number of hydrogen-bond donors (Lipinski definition) is 0. The van der Waals surface area contributed by atoms with Crippen LogP contribution in [0.3, 0.4) is 0 Å². The zero-order chi connectivity index (χ0) is 13.8. The molecule has 0 N–H and O–H groups in total. The van der Waals surface area contributed by atoms with Crippen LogP contribution in [-0.2, 0) is 6.54 Å². The molecule has 0 atom stereocenters. The van der Waals surface area contributed by atoms with Crippen molar-refractivity contribution >= 4 is 7.92 Å². The van der Waals surface area contributed by atoms with E-state index in [1.54, 1.807) is 0 Å². The van der Waals surface area contributed by atoms with E-state index in [4.69, 9.17) is 0 Å². The molecular weight excluding hydrogens is 237 g/mol. The fraction of sp³-hybridized carbons (Fsp3) is 0.625. The molecule has 0 heterocycles. The van der Waals surface area contributed by atoms with Gasteiger partial charge in [0.25, 0.3) is 0 Å². The number of nitrogens with zero attached hydrogens (tertiary/aromatic N) is 1. The van der Waals surface area contributed by atoms with Crippen LogP contribution in [0.15, 0.2) is 30.3 Å². The molecular formula is C16H29NP+. The SMILES string of the molecule is CC(C)P(C[N+](C)(C)Cc1ccccc1)C(C)C. The normalized spacial score (nSPS) is 12.7.